The number of sulfonamides is 1. The summed E-state index contributed by atoms with van der Waals surface area (Å²) in [7, 11) is -4.16. The van der Waals surface area contributed by atoms with Gasteiger partial charge in [0.05, 0.1) is 21.3 Å². The molecule has 2 aromatic rings. The lowest BCUT2D eigenvalue weighted by molar-refractivity contribution is -0.137. The predicted octanol–water partition coefficient (Wildman–Crippen LogP) is 3.91. The molecule has 0 bridgehead atoms. The first-order valence-electron chi connectivity index (χ1n) is 6.40. The Bertz CT molecular complexity index is 947. The van der Waals surface area contributed by atoms with Crippen LogP contribution >= 0.6 is 23.2 Å². The quantitative estimate of drug-likeness (QED) is 0.800. The molecular weight excluding hydrogens is 404 g/mol. The standard InChI is InChI=1S/C14H9Cl2F3N2O3S/c15-9-3-1-7(5-12(9)25(20,23)24)13(22)21-11-4-2-8(6-10(11)16)14(17,18)19/h1-6H,(H,21,22)(H2,20,23,24). The number of amides is 1. The molecule has 0 atom stereocenters. The van der Waals surface area contributed by atoms with Crippen molar-refractivity contribution >= 4 is 44.8 Å². The summed E-state index contributed by atoms with van der Waals surface area (Å²) in [4.78, 5) is 11.7. The van der Waals surface area contributed by atoms with Crippen molar-refractivity contribution in [2.24, 2.45) is 5.14 Å². The van der Waals surface area contributed by atoms with Crippen LogP contribution in [0.15, 0.2) is 41.3 Å². The predicted molar refractivity (Wildman–Crippen MR) is 87.2 cm³/mol. The zero-order valence-electron chi connectivity index (χ0n) is 12.1. The van der Waals surface area contributed by atoms with Gasteiger partial charge in [-0.2, -0.15) is 13.2 Å². The number of anilines is 1. The molecular formula is C14H9Cl2F3N2O3S. The number of alkyl halides is 3. The van der Waals surface area contributed by atoms with Crippen LogP contribution in [0.3, 0.4) is 0 Å². The third-order valence-electron chi connectivity index (χ3n) is 3.04. The minimum atomic E-state index is -4.58. The first kappa shape index (κ1) is 19.5. The van der Waals surface area contributed by atoms with Crippen molar-refractivity contribution in [3.63, 3.8) is 0 Å². The van der Waals surface area contributed by atoms with Gasteiger partial charge in [0, 0.05) is 5.56 Å². The van der Waals surface area contributed by atoms with Crippen molar-refractivity contribution < 1.29 is 26.4 Å². The van der Waals surface area contributed by atoms with E-state index in [1.165, 1.54) is 6.07 Å². The molecule has 25 heavy (non-hydrogen) atoms. The molecule has 0 heterocycles. The third kappa shape index (κ3) is 4.63. The second kappa shape index (κ2) is 6.83. The molecule has 2 aromatic carbocycles. The molecule has 1 amide bonds. The highest BCUT2D eigenvalue weighted by Crippen LogP contribution is 2.34. The van der Waals surface area contributed by atoms with Gasteiger partial charge in [0.1, 0.15) is 4.90 Å². The number of hydrogen-bond donors (Lipinski definition) is 2. The maximum atomic E-state index is 12.6. The summed E-state index contributed by atoms with van der Waals surface area (Å²) in [5.74, 6) is -0.803. The Hall–Kier alpha value is -1.81. The fourth-order valence-electron chi connectivity index (χ4n) is 1.85. The Morgan fingerprint density at radius 3 is 2.20 bits per heavy atom. The number of nitrogens with two attached hydrogens (primary N) is 1. The molecule has 11 heteroatoms. The zero-order chi connectivity index (χ0) is 19.0. The van der Waals surface area contributed by atoms with Crippen molar-refractivity contribution in [2.45, 2.75) is 11.1 Å². The molecule has 0 unspecified atom stereocenters. The summed E-state index contributed by atoms with van der Waals surface area (Å²) in [6, 6.07) is 5.73. The van der Waals surface area contributed by atoms with Gasteiger partial charge in [0.2, 0.25) is 10.0 Å². The fraction of sp³-hybridized carbons (Fsp3) is 0.0714. The van der Waals surface area contributed by atoms with Gasteiger partial charge in [-0.15, -0.1) is 0 Å². The summed E-state index contributed by atoms with van der Waals surface area (Å²) < 4.78 is 60.6. The molecule has 0 saturated heterocycles. The second-order valence-corrected chi connectivity index (χ2v) is 7.18. The molecule has 0 aliphatic carbocycles. The number of hydrogen-bond acceptors (Lipinski definition) is 3. The Morgan fingerprint density at radius 1 is 1.04 bits per heavy atom. The third-order valence-corrected chi connectivity index (χ3v) is 4.75. The molecule has 0 spiro atoms. The lowest BCUT2D eigenvalue weighted by atomic mass is 10.1. The van der Waals surface area contributed by atoms with Gasteiger partial charge >= 0.3 is 6.18 Å². The highest BCUT2D eigenvalue weighted by Gasteiger charge is 2.31. The summed E-state index contributed by atoms with van der Waals surface area (Å²) in [5.41, 5.74) is -1.17. The highest BCUT2D eigenvalue weighted by atomic mass is 35.5. The molecule has 134 valence electrons. The molecule has 0 fully saturated rings. The average Bonchev–Trinajstić information content (AvgIpc) is 2.47. The lowest BCUT2D eigenvalue weighted by Gasteiger charge is -2.11. The van der Waals surface area contributed by atoms with Crippen molar-refractivity contribution in [3.05, 3.63) is 57.6 Å². The summed E-state index contributed by atoms with van der Waals surface area (Å²) in [6.07, 6.45) is -4.58. The van der Waals surface area contributed by atoms with E-state index in [2.05, 4.69) is 5.32 Å². The lowest BCUT2D eigenvalue weighted by Crippen LogP contribution is -2.16. The van der Waals surface area contributed by atoms with Crippen LogP contribution in [0.25, 0.3) is 0 Å². The fourth-order valence-corrected chi connectivity index (χ4v) is 3.15. The van der Waals surface area contributed by atoms with Crippen LogP contribution < -0.4 is 10.5 Å². The van der Waals surface area contributed by atoms with Crippen molar-refractivity contribution in [1.29, 1.82) is 0 Å². The first-order valence-corrected chi connectivity index (χ1v) is 8.70. The molecule has 0 radical (unpaired) electrons. The van der Waals surface area contributed by atoms with Gasteiger partial charge in [-0.05, 0) is 36.4 Å². The van der Waals surface area contributed by atoms with E-state index in [9.17, 15) is 26.4 Å². The Balaban J connectivity index is 2.32. The summed E-state index contributed by atoms with van der Waals surface area (Å²) in [6.45, 7) is 0. The number of halogens is 5. The van der Waals surface area contributed by atoms with Crippen LogP contribution in [0.5, 0.6) is 0 Å². The van der Waals surface area contributed by atoms with Crippen molar-refractivity contribution in [3.8, 4) is 0 Å². The van der Waals surface area contributed by atoms with E-state index in [4.69, 9.17) is 28.3 Å². The van der Waals surface area contributed by atoms with E-state index < -0.39 is 32.6 Å². The van der Waals surface area contributed by atoms with Crippen LogP contribution in [0.2, 0.25) is 10.0 Å². The number of benzene rings is 2. The second-order valence-electron chi connectivity index (χ2n) is 4.84. The average molecular weight is 413 g/mol. The van der Waals surface area contributed by atoms with E-state index in [1.54, 1.807) is 0 Å². The number of carbonyl (C=O) groups excluding carboxylic acids is 1. The van der Waals surface area contributed by atoms with Crippen molar-refractivity contribution in [2.75, 3.05) is 5.32 Å². The smallest absolute Gasteiger partial charge is 0.321 e. The van der Waals surface area contributed by atoms with E-state index in [1.807, 2.05) is 0 Å². The Kier molecular flexibility index (Phi) is 5.33. The van der Waals surface area contributed by atoms with E-state index >= 15 is 0 Å². The van der Waals surface area contributed by atoms with Crippen LogP contribution in [0, 0.1) is 0 Å². The number of carbonyl (C=O) groups is 1. The van der Waals surface area contributed by atoms with Crippen LogP contribution in [0.1, 0.15) is 15.9 Å². The molecule has 0 aliphatic heterocycles. The van der Waals surface area contributed by atoms with Gasteiger partial charge in [-0.3, -0.25) is 4.79 Å². The van der Waals surface area contributed by atoms with Gasteiger partial charge in [-0.25, -0.2) is 13.6 Å². The largest absolute Gasteiger partial charge is 0.416 e. The van der Waals surface area contributed by atoms with Gasteiger partial charge in [-0.1, -0.05) is 23.2 Å². The molecule has 3 N–H and O–H groups in total. The normalized spacial score (nSPS) is 12.1. The van der Waals surface area contributed by atoms with E-state index in [0.29, 0.717) is 6.07 Å². The zero-order valence-corrected chi connectivity index (χ0v) is 14.4. The van der Waals surface area contributed by atoms with Gasteiger partial charge in [0.25, 0.3) is 5.91 Å². The van der Waals surface area contributed by atoms with E-state index in [-0.39, 0.29) is 21.3 Å². The van der Waals surface area contributed by atoms with Crippen LogP contribution in [-0.4, -0.2) is 14.3 Å². The molecule has 0 aromatic heterocycles. The molecule has 5 nitrogen and oxygen atoms in total. The minimum Gasteiger partial charge on any atom is -0.321 e. The summed E-state index contributed by atoms with van der Waals surface area (Å²) >= 11 is 11.5. The Morgan fingerprint density at radius 2 is 1.68 bits per heavy atom. The highest BCUT2D eigenvalue weighted by molar-refractivity contribution is 7.89. The van der Waals surface area contributed by atoms with Gasteiger partial charge < -0.3 is 5.32 Å². The van der Waals surface area contributed by atoms with E-state index in [0.717, 1.165) is 24.3 Å². The first-order chi connectivity index (χ1) is 11.4. The number of primary sulfonamides is 1. The maximum Gasteiger partial charge on any atom is 0.416 e. The summed E-state index contributed by atoms with van der Waals surface area (Å²) in [5, 5.41) is 6.77. The minimum absolute atomic E-state index is 0.0771. The number of nitrogens with one attached hydrogen (secondary N) is 1. The van der Waals surface area contributed by atoms with Crippen LogP contribution in [-0.2, 0) is 16.2 Å². The topological polar surface area (TPSA) is 89.3 Å². The molecule has 2 rings (SSSR count). The molecule has 0 saturated carbocycles. The SMILES string of the molecule is NS(=O)(=O)c1cc(C(=O)Nc2ccc(C(F)(F)F)cc2Cl)ccc1Cl. The monoisotopic (exact) mass is 412 g/mol. The molecule has 0 aliphatic rings. The van der Waals surface area contributed by atoms with Crippen molar-refractivity contribution in [1.82, 2.24) is 0 Å². The maximum absolute atomic E-state index is 12.6. The Labute approximate surface area is 150 Å². The van der Waals surface area contributed by atoms with Crippen LogP contribution in [0.4, 0.5) is 18.9 Å². The van der Waals surface area contributed by atoms with Gasteiger partial charge in [0.15, 0.2) is 0 Å². The number of rotatable bonds is 3.